The highest BCUT2D eigenvalue weighted by Gasteiger charge is 2.12. The predicted molar refractivity (Wildman–Crippen MR) is 79.1 cm³/mol. The van der Waals surface area contributed by atoms with Crippen LogP contribution in [0.2, 0.25) is 5.02 Å². The molecule has 0 fully saturated rings. The molecule has 1 N–H and O–H groups in total. The molecule has 3 rings (SSSR count). The van der Waals surface area contributed by atoms with E-state index in [1.165, 1.54) is 5.69 Å². The number of nitrogens with zero attached hydrogens (tertiary/aromatic N) is 3. The minimum atomic E-state index is 0.676. The lowest BCUT2D eigenvalue weighted by Gasteiger charge is -2.08. The first-order valence-electron chi connectivity index (χ1n) is 5.92. The van der Waals surface area contributed by atoms with Gasteiger partial charge < -0.3 is 5.32 Å². The second kappa shape index (κ2) is 4.83. The van der Waals surface area contributed by atoms with Crippen molar-refractivity contribution < 1.29 is 0 Å². The van der Waals surface area contributed by atoms with E-state index < -0.39 is 0 Å². The molecule has 98 valence electrons. The Bertz CT molecular complexity index is 731. The Hall–Kier alpha value is -1.59. The van der Waals surface area contributed by atoms with E-state index in [1.807, 2.05) is 6.92 Å². The number of halogens is 1. The summed E-state index contributed by atoms with van der Waals surface area (Å²) >= 11 is 7.77. The number of nitrogens with one attached hydrogen (secondary N) is 1. The average molecular weight is 293 g/mol. The molecule has 6 heteroatoms. The third-order valence-electron chi connectivity index (χ3n) is 3.04. The van der Waals surface area contributed by atoms with Crippen LogP contribution in [-0.4, -0.2) is 14.4 Å². The number of aromatic nitrogens is 3. The first-order valence-corrected chi connectivity index (χ1v) is 7.18. The maximum Gasteiger partial charge on any atom is 0.194 e. The number of imidazole rings is 1. The van der Waals surface area contributed by atoms with Gasteiger partial charge in [-0.15, -0.1) is 11.3 Å². The van der Waals surface area contributed by atoms with Crippen molar-refractivity contribution in [2.75, 3.05) is 5.32 Å². The molecule has 4 nitrogen and oxygen atoms in total. The summed E-state index contributed by atoms with van der Waals surface area (Å²) in [7, 11) is 0. The van der Waals surface area contributed by atoms with Crippen LogP contribution < -0.4 is 5.32 Å². The number of thiazole rings is 1. The summed E-state index contributed by atoms with van der Waals surface area (Å²) in [5.41, 5.74) is 4.25. The van der Waals surface area contributed by atoms with Gasteiger partial charge in [0.15, 0.2) is 4.96 Å². The normalized spacial score (nSPS) is 11.1. The number of anilines is 1. The van der Waals surface area contributed by atoms with Gasteiger partial charge in [0.05, 0.1) is 34.8 Å². The topological polar surface area (TPSA) is 42.2 Å². The van der Waals surface area contributed by atoms with Crippen molar-refractivity contribution in [3.8, 4) is 0 Å². The maximum atomic E-state index is 6.11. The zero-order valence-electron chi connectivity index (χ0n) is 10.6. The number of fused-ring (bicyclic) bond motifs is 1. The Morgan fingerprint density at radius 2 is 2.26 bits per heavy atom. The van der Waals surface area contributed by atoms with Crippen LogP contribution in [0.4, 0.5) is 5.69 Å². The largest absolute Gasteiger partial charge is 0.377 e. The van der Waals surface area contributed by atoms with Crippen molar-refractivity contribution >= 4 is 33.6 Å². The lowest BCUT2D eigenvalue weighted by Crippen LogP contribution is -2.05. The van der Waals surface area contributed by atoms with Gasteiger partial charge in [0.1, 0.15) is 0 Å². The van der Waals surface area contributed by atoms with Gasteiger partial charge in [0.25, 0.3) is 0 Å². The van der Waals surface area contributed by atoms with E-state index in [0.29, 0.717) is 11.6 Å². The SMILES string of the molecule is Cc1nc2scc(C)n2c1CNc1cnccc1Cl. The molecule has 3 aromatic rings. The van der Waals surface area contributed by atoms with Gasteiger partial charge in [0.2, 0.25) is 0 Å². The molecule has 0 aromatic carbocycles. The Kier molecular flexibility index (Phi) is 3.16. The molecule has 3 heterocycles. The smallest absolute Gasteiger partial charge is 0.194 e. The third kappa shape index (κ3) is 2.19. The van der Waals surface area contributed by atoms with E-state index in [-0.39, 0.29) is 0 Å². The monoisotopic (exact) mass is 292 g/mol. The van der Waals surface area contributed by atoms with E-state index in [9.17, 15) is 0 Å². The van der Waals surface area contributed by atoms with Gasteiger partial charge in [-0.05, 0) is 19.9 Å². The van der Waals surface area contributed by atoms with Crippen molar-refractivity contribution in [2.24, 2.45) is 0 Å². The first kappa shape index (κ1) is 12.4. The van der Waals surface area contributed by atoms with Crippen LogP contribution in [0.1, 0.15) is 17.1 Å². The summed E-state index contributed by atoms with van der Waals surface area (Å²) in [5, 5.41) is 6.10. The number of rotatable bonds is 3. The van der Waals surface area contributed by atoms with Gasteiger partial charge in [-0.3, -0.25) is 9.38 Å². The molecule has 0 aliphatic carbocycles. The van der Waals surface area contributed by atoms with Crippen LogP contribution in [0.25, 0.3) is 4.96 Å². The number of hydrogen-bond acceptors (Lipinski definition) is 4. The fourth-order valence-electron chi connectivity index (χ4n) is 2.06. The molecule has 0 saturated heterocycles. The highest BCUT2D eigenvalue weighted by atomic mass is 35.5. The molecule has 0 bridgehead atoms. The number of hydrogen-bond donors (Lipinski definition) is 1. The van der Waals surface area contributed by atoms with E-state index in [4.69, 9.17) is 11.6 Å². The van der Waals surface area contributed by atoms with E-state index in [0.717, 1.165) is 22.0 Å². The lowest BCUT2D eigenvalue weighted by molar-refractivity contribution is 0.965. The van der Waals surface area contributed by atoms with Crippen LogP contribution in [-0.2, 0) is 6.54 Å². The molecule has 0 saturated carbocycles. The zero-order chi connectivity index (χ0) is 13.4. The Morgan fingerprint density at radius 3 is 3.05 bits per heavy atom. The van der Waals surface area contributed by atoms with Crippen LogP contribution >= 0.6 is 22.9 Å². The predicted octanol–water partition coefficient (Wildman–Crippen LogP) is 3.67. The molecule has 0 spiro atoms. The zero-order valence-corrected chi connectivity index (χ0v) is 12.2. The first-order chi connectivity index (χ1) is 9.16. The molecule has 0 unspecified atom stereocenters. The third-order valence-corrected chi connectivity index (χ3v) is 4.32. The number of aryl methyl sites for hydroxylation is 2. The van der Waals surface area contributed by atoms with Crippen LogP contribution in [0.15, 0.2) is 23.8 Å². The quantitative estimate of drug-likeness (QED) is 0.801. The molecular weight excluding hydrogens is 280 g/mol. The van der Waals surface area contributed by atoms with Crippen molar-refractivity contribution in [1.29, 1.82) is 0 Å². The van der Waals surface area contributed by atoms with Crippen molar-refractivity contribution in [1.82, 2.24) is 14.4 Å². The maximum absolute atomic E-state index is 6.11. The number of pyridine rings is 1. The molecule has 0 atom stereocenters. The van der Waals surface area contributed by atoms with Gasteiger partial charge in [0, 0.05) is 17.3 Å². The second-order valence-electron chi connectivity index (χ2n) is 4.35. The van der Waals surface area contributed by atoms with Crippen molar-refractivity contribution in [3.05, 3.63) is 45.9 Å². The Labute approximate surface area is 120 Å². The van der Waals surface area contributed by atoms with E-state index in [2.05, 4.69) is 32.0 Å². The molecular formula is C13H13ClN4S. The lowest BCUT2D eigenvalue weighted by atomic mass is 10.3. The molecule has 0 amide bonds. The van der Waals surface area contributed by atoms with Gasteiger partial charge in [-0.25, -0.2) is 4.98 Å². The van der Waals surface area contributed by atoms with Crippen molar-refractivity contribution in [2.45, 2.75) is 20.4 Å². The molecule has 3 aromatic heterocycles. The van der Waals surface area contributed by atoms with Crippen LogP contribution in [0, 0.1) is 13.8 Å². The summed E-state index contributed by atoms with van der Waals surface area (Å²) in [5.74, 6) is 0. The van der Waals surface area contributed by atoms with Crippen LogP contribution in [0.3, 0.4) is 0 Å². The highest BCUT2D eigenvalue weighted by Crippen LogP contribution is 2.23. The molecule has 0 aliphatic heterocycles. The summed E-state index contributed by atoms with van der Waals surface area (Å²) in [6.07, 6.45) is 3.41. The van der Waals surface area contributed by atoms with Crippen LogP contribution in [0.5, 0.6) is 0 Å². The summed E-state index contributed by atoms with van der Waals surface area (Å²) in [6, 6.07) is 1.78. The van der Waals surface area contributed by atoms with Gasteiger partial charge in [-0.2, -0.15) is 0 Å². The fourth-order valence-corrected chi connectivity index (χ4v) is 3.16. The fraction of sp³-hybridized carbons (Fsp3) is 0.231. The highest BCUT2D eigenvalue weighted by molar-refractivity contribution is 7.15. The average Bonchev–Trinajstić information content (AvgIpc) is 2.89. The van der Waals surface area contributed by atoms with Crippen molar-refractivity contribution in [3.63, 3.8) is 0 Å². The molecule has 0 radical (unpaired) electrons. The van der Waals surface area contributed by atoms with Gasteiger partial charge >= 0.3 is 0 Å². The van der Waals surface area contributed by atoms with Gasteiger partial charge in [-0.1, -0.05) is 11.6 Å². The summed E-state index contributed by atoms with van der Waals surface area (Å²) < 4.78 is 2.18. The molecule has 0 aliphatic rings. The Morgan fingerprint density at radius 1 is 1.42 bits per heavy atom. The molecule has 19 heavy (non-hydrogen) atoms. The van der Waals surface area contributed by atoms with E-state index >= 15 is 0 Å². The summed E-state index contributed by atoms with van der Waals surface area (Å²) in [4.78, 5) is 9.66. The Balaban J connectivity index is 1.92. The second-order valence-corrected chi connectivity index (χ2v) is 5.59. The summed E-state index contributed by atoms with van der Waals surface area (Å²) in [6.45, 7) is 4.79. The minimum absolute atomic E-state index is 0.676. The minimum Gasteiger partial charge on any atom is -0.377 e. The standard InChI is InChI=1S/C13H13ClN4S/c1-8-7-19-13-17-9(2)12(18(8)13)6-16-11-5-15-4-3-10(11)14/h3-5,7,16H,6H2,1-2H3. The van der Waals surface area contributed by atoms with E-state index in [1.54, 1.807) is 29.8 Å².